The van der Waals surface area contributed by atoms with Gasteiger partial charge in [-0.1, -0.05) is 12.2 Å². The lowest BCUT2D eigenvalue weighted by molar-refractivity contribution is 0.0272. The molecule has 1 aromatic rings. The van der Waals surface area contributed by atoms with Crippen LogP contribution in [0.4, 0.5) is 0 Å². The molecule has 5 nitrogen and oxygen atoms in total. The molecule has 0 saturated heterocycles. The van der Waals surface area contributed by atoms with E-state index in [4.69, 9.17) is 4.74 Å². The molecule has 0 saturated carbocycles. The minimum atomic E-state index is -0.468. The van der Waals surface area contributed by atoms with Crippen LogP contribution >= 0.6 is 0 Å². The van der Waals surface area contributed by atoms with Crippen LogP contribution in [0.25, 0.3) is 0 Å². The van der Waals surface area contributed by atoms with E-state index in [2.05, 4.69) is 11.6 Å². The number of aromatic amines is 1. The number of hydrogen-bond acceptors (Lipinski definition) is 3. The van der Waals surface area contributed by atoms with Crippen molar-refractivity contribution < 1.29 is 4.74 Å². The molecule has 0 aliphatic carbocycles. The van der Waals surface area contributed by atoms with Crippen LogP contribution < -0.4 is 11.2 Å². The van der Waals surface area contributed by atoms with Crippen LogP contribution in [0.15, 0.2) is 27.9 Å². The number of nitrogens with zero attached hydrogens (tertiary/aromatic N) is 1. The van der Waals surface area contributed by atoms with Crippen LogP contribution in [-0.4, -0.2) is 16.2 Å². The second kappa shape index (κ2) is 4.94. The Morgan fingerprint density at radius 2 is 2.25 bits per heavy atom. The molecule has 0 radical (unpaired) electrons. The minimum Gasteiger partial charge on any atom is -0.354 e. The highest BCUT2D eigenvalue weighted by Gasteiger charge is 2.08. The number of ether oxygens (including phenoxy) is 1. The molecule has 0 bridgehead atoms. The van der Waals surface area contributed by atoms with Gasteiger partial charge in [0.2, 0.25) is 0 Å². The SMILES string of the molecule is C=C(C)COC(C)n1cc(C)c(=O)[nH]c1=O. The van der Waals surface area contributed by atoms with Crippen molar-refractivity contribution in [2.45, 2.75) is 27.0 Å². The predicted octanol–water partition coefficient (Wildman–Crippen LogP) is 0.956. The van der Waals surface area contributed by atoms with Crippen LogP contribution in [0.3, 0.4) is 0 Å². The monoisotopic (exact) mass is 224 g/mol. The maximum absolute atomic E-state index is 11.5. The summed E-state index contributed by atoms with van der Waals surface area (Å²) in [7, 11) is 0. The van der Waals surface area contributed by atoms with E-state index in [1.54, 1.807) is 13.8 Å². The molecule has 1 unspecified atom stereocenters. The van der Waals surface area contributed by atoms with E-state index < -0.39 is 11.9 Å². The molecule has 1 aromatic heterocycles. The van der Waals surface area contributed by atoms with Crippen molar-refractivity contribution in [3.05, 3.63) is 44.8 Å². The fourth-order valence-electron chi connectivity index (χ4n) is 1.20. The first-order valence-electron chi connectivity index (χ1n) is 5.00. The Labute approximate surface area is 93.4 Å². The van der Waals surface area contributed by atoms with E-state index in [-0.39, 0.29) is 5.56 Å². The van der Waals surface area contributed by atoms with Crippen molar-refractivity contribution in [2.75, 3.05) is 6.61 Å². The fraction of sp³-hybridized carbons (Fsp3) is 0.455. The molecular weight excluding hydrogens is 208 g/mol. The predicted molar refractivity (Wildman–Crippen MR) is 61.5 cm³/mol. The van der Waals surface area contributed by atoms with Gasteiger partial charge >= 0.3 is 5.69 Å². The average Bonchev–Trinajstić information content (AvgIpc) is 2.20. The first-order valence-corrected chi connectivity index (χ1v) is 5.00. The van der Waals surface area contributed by atoms with Crippen molar-refractivity contribution in [3.8, 4) is 0 Å². The fourth-order valence-corrected chi connectivity index (χ4v) is 1.20. The quantitative estimate of drug-likeness (QED) is 0.775. The number of aromatic nitrogens is 2. The van der Waals surface area contributed by atoms with Gasteiger partial charge < -0.3 is 4.74 Å². The lowest BCUT2D eigenvalue weighted by atomic mass is 10.4. The number of hydrogen-bond donors (Lipinski definition) is 1. The van der Waals surface area contributed by atoms with E-state index >= 15 is 0 Å². The minimum absolute atomic E-state index is 0.367. The third kappa shape index (κ3) is 2.93. The van der Waals surface area contributed by atoms with Crippen LogP contribution in [0.5, 0.6) is 0 Å². The normalized spacial score (nSPS) is 12.4. The summed E-state index contributed by atoms with van der Waals surface area (Å²) in [5.74, 6) is 0. The molecule has 1 rings (SSSR count). The van der Waals surface area contributed by atoms with Crippen molar-refractivity contribution >= 4 is 0 Å². The lowest BCUT2D eigenvalue weighted by Crippen LogP contribution is -2.33. The molecule has 0 aliphatic heterocycles. The highest BCUT2D eigenvalue weighted by Crippen LogP contribution is 2.05. The molecule has 0 aliphatic rings. The third-order valence-electron chi connectivity index (χ3n) is 2.11. The number of rotatable bonds is 4. The molecule has 5 heteroatoms. The van der Waals surface area contributed by atoms with E-state index in [0.29, 0.717) is 12.2 Å². The Kier molecular flexibility index (Phi) is 3.84. The zero-order chi connectivity index (χ0) is 12.3. The molecule has 0 spiro atoms. The Bertz CT molecular complexity index is 499. The number of nitrogens with one attached hydrogen (secondary N) is 1. The summed E-state index contributed by atoms with van der Waals surface area (Å²) in [5.41, 5.74) is 0.518. The molecule has 1 N–H and O–H groups in total. The van der Waals surface area contributed by atoms with Gasteiger partial charge in [-0.2, -0.15) is 0 Å². The zero-order valence-electron chi connectivity index (χ0n) is 9.74. The van der Waals surface area contributed by atoms with Crippen molar-refractivity contribution in [2.24, 2.45) is 0 Å². The van der Waals surface area contributed by atoms with Gasteiger partial charge in [-0.25, -0.2) is 4.79 Å². The Balaban J connectivity index is 2.95. The molecule has 0 fully saturated rings. The molecule has 0 aromatic carbocycles. The Morgan fingerprint density at radius 3 is 2.81 bits per heavy atom. The Hall–Kier alpha value is -1.62. The molecule has 16 heavy (non-hydrogen) atoms. The third-order valence-corrected chi connectivity index (χ3v) is 2.11. The summed E-state index contributed by atoms with van der Waals surface area (Å²) in [6.45, 7) is 9.30. The second-order valence-corrected chi connectivity index (χ2v) is 3.85. The first kappa shape index (κ1) is 12.4. The van der Waals surface area contributed by atoms with E-state index in [1.807, 2.05) is 6.92 Å². The maximum Gasteiger partial charge on any atom is 0.330 e. The van der Waals surface area contributed by atoms with Crippen LogP contribution in [0, 0.1) is 6.92 Å². The van der Waals surface area contributed by atoms with E-state index in [0.717, 1.165) is 5.57 Å². The van der Waals surface area contributed by atoms with Gasteiger partial charge in [0.05, 0.1) is 6.61 Å². The van der Waals surface area contributed by atoms with Crippen LogP contribution in [-0.2, 0) is 4.74 Å². The number of aryl methyl sites for hydroxylation is 1. The first-order chi connectivity index (χ1) is 7.41. The lowest BCUT2D eigenvalue weighted by Gasteiger charge is -2.15. The van der Waals surface area contributed by atoms with E-state index in [9.17, 15) is 9.59 Å². The zero-order valence-corrected chi connectivity index (χ0v) is 9.74. The van der Waals surface area contributed by atoms with Gasteiger partial charge in [-0.15, -0.1) is 0 Å². The summed E-state index contributed by atoms with van der Waals surface area (Å²) in [5, 5.41) is 0. The highest BCUT2D eigenvalue weighted by molar-refractivity contribution is 5.01. The van der Waals surface area contributed by atoms with Gasteiger partial charge in [0.25, 0.3) is 5.56 Å². The van der Waals surface area contributed by atoms with Gasteiger partial charge in [0.15, 0.2) is 0 Å². The van der Waals surface area contributed by atoms with Crippen molar-refractivity contribution in [1.29, 1.82) is 0 Å². The largest absolute Gasteiger partial charge is 0.354 e. The molecule has 0 amide bonds. The molecular formula is C11H16N2O3. The average molecular weight is 224 g/mol. The van der Waals surface area contributed by atoms with Gasteiger partial charge in [-0.3, -0.25) is 14.3 Å². The van der Waals surface area contributed by atoms with Gasteiger partial charge in [0.1, 0.15) is 6.23 Å². The second-order valence-electron chi connectivity index (χ2n) is 3.85. The van der Waals surface area contributed by atoms with Gasteiger partial charge in [-0.05, 0) is 20.8 Å². The molecule has 1 heterocycles. The topological polar surface area (TPSA) is 64.1 Å². The summed E-state index contributed by atoms with van der Waals surface area (Å²) in [6, 6.07) is 0. The van der Waals surface area contributed by atoms with Crippen molar-refractivity contribution in [1.82, 2.24) is 9.55 Å². The maximum atomic E-state index is 11.5. The summed E-state index contributed by atoms with van der Waals surface area (Å²) >= 11 is 0. The van der Waals surface area contributed by atoms with Gasteiger partial charge in [0, 0.05) is 11.8 Å². The van der Waals surface area contributed by atoms with E-state index in [1.165, 1.54) is 10.8 Å². The van der Waals surface area contributed by atoms with Crippen LogP contribution in [0.2, 0.25) is 0 Å². The summed E-state index contributed by atoms with van der Waals surface area (Å²) in [4.78, 5) is 24.9. The summed E-state index contributed by atoms with van der Waals surface area (Å²) in [6.07, 6.45) is 1.06. The smallest absolute Gasteiger partial charge is 0.330 e. The highest BCUT2D eigenvalue weighted by atomic mass is 16.5. The molecule has 88 valence electrons. The van der Waals surface area contributed by atoms with Crippen LogP contribution in [0.1, 0.15) is 25.6 Å². The Morgan fingerprint density at radius 1 is 1.62 bits per heavy atom. The summed E-state index contributed by atoms with van der Waals surface area (Å²) < 4.78 is 6.75. The number of H-pyrrole nitrogens is 1. The standard InChI is InChI=1S/C11H16N2O3/c1-7(2)6-16-9(4)13-5-8(3)10(14)12-11(13)15/h5,9H,1,6H2,2-4H3,(H,12,14,15). The molecule has 1 atom stereocenters. The van der Waals surface area contributed by atoms with Crippen molar-refractivity contribution in [3.63, 3.8) is 0 Å².